The maximum absolute atomic E-state index is 6.48. The SMILES string of the molecule is CC.CN(N)/C1=C(\N)c2ccccc2CN(C=P)c2ccccc21. The van der Waals surface area contributed by atoms with Gasteiger partial charge >= 0.3 is 0 Å². The zero-order chi connectivity index (χ0) is 17.7. The highest BCUT2D eigenvalue weighted by molar-refractivity contribution is 7.18. The molecular formula is C19H25N4P. The lowest BCUT2D eigenvalue weighted by Crippen LogP contribution is -2.30. The van der Waals surface area contributed by atoms with Crippen molar-refractivity contribution in [3.63, 3.8) is 0 Å². The number of anilines is 1. The molecule has 4 N–H and O–H groups in total. The average molecular weight is 340 g/mol. The van der Waals surface area contributed by atoms with Gasteiger partial charge in [0.05, 0.1) is 17.1 Å². The molecule has 2 aromatic carbocycles. The molecule has 1 aliphatic rings. The van der Waals surface area contributed by atoms with Gasteiger partial charge in [0.2, 0.25) is 0 Å². The highest BCUT2D eigenvalue weighted by Gasteiger charge is 2.22. The molecule has 0 amide bonds. The monoisotopic (exact) mass is 340 g/mol. The Morgan fingerprint density at radius 3 is 2.25 bits per heavy atom. The van der Waals surface area contributed by atoms with Gasteiger partial charge in [-0.3, -0.25) is 0 Å². The Bertz CT molecular complexity index is 753. The number of hydrogen-bond donors (Lipinski definition) is 2. The van der Waals surface area contributed by atoms with Crippen molar-refractivity contribution in [3.8, 4) is 0 Å². The third-order valence-electron chi connectivity index (χ3n) is 3.88. The third-order valence-corrected chi connectivity index (χ3v) is 4.19. The highest BCUT2D eigenvalue weighted by atomic mass is 31.0. The van der Waals surface area contributed by atoms with Crippen molar-refractivity contribution in [2.75, 3.05) is 11.9 Å². The van der Waals surface area contributed by atoms with E-state index >= 15 is 0 Å². The fourth-order valence-corrected chi connectivity index (χ4v) is 3.11. The van der Waals surface area contributed by atoms with E-state index in [0.29, 0.717) is 5.70 Å². The molecule has 2 aromatic rings. The van der Waals surface area contributed by atoms with Crippen molar-refractivity contribution >= 4 is 31.9 Å². The number of benzene rings is 2. The Hall–Kier alpha value is -2.29. The van der Waals surface area contributed by atoms with Gasteiger partial charge in [0.1, 0.15) is 0 Å². The number of rotatable bonds is 2. The van der Waals surface area contributed by atoms with E-state index in [1.165, 1.54) is 0 Å². The molecular weight excluding hydrogens is 315 g/mol. The van der Waals surface area contributed by atoms with Crippen molar-refractivity contribution in [1.82, 2.24) is 5.01 Å². The minimum Gasteiger partial charge on any atom is -0.396 e. The molecule has 0 aliphatic carbocycles. The summed E-state index contributed by atoms with van der Waals surface area (Å²) in [5, 5.41) is 1.59. The van der Waals surface area contributed by atoms with E-state index in [2.05, 4.69) is 25.9 Å². The molecule has 0 atom stereocenters. The minimum absolute atomic E-state index is 0.696. The summed E-state index contributed by atoms with van der Waals surface area (Å²) in [6.07, 6.45) is 0. The predicted octanol–water partition coefficient (Wildman–Crippen LogP) is 3.53. The molecule has 24 heavy (non-hydrogen) atoms. The first kappa shape index (κ1) is 18.1. The highest BCUT2D eigenvalue weighted by Crippen LogP contribution is 2.35. The molecule has 0 fully saturated rings. The third kappa shape index (κ3) is 3.30. The summed E-state index contributed by atoms with van der Waals surface area (Å²) in [7, 11) is 5.34. The van der Waals surface area contributed by atoms with E-state index in [0.717, 1.165) is 34.6 Å². The lowest BCUT2D eigenvalue weighted by atomic mass is 9.96. The summed E-state index contributed by atoms with van der Waals surface area (Å²) in [6, 6.07) is 16.3. The second-order valence-electron chi connectivity index (χ2n) is 5.30. The summed E-state index contributed by atoms with van der Waals surface area (Å²) in [4.78, 5) is 2.14. The van der Waals surface area contributed by atoms with Gasteiger partial charge < -0.3 is 15.6 Å². The van der Waals surface area contributed by atoms with Crippen LogP contribution >= 0.6 is 8.86 Å². The quantitative estimate of drug-likeness (QED) is 0.499. The molecule has 0 bridgehead atoms. The Balaban J connectivity index is 0.00000100. The van der Waals surface area contributed by atoms with Gasteiger partial charge in [-0.1, -0.05) is 56.3 Å². The maximum Gasteiger partial charge on any atom is 0.0843 e. The van der Waals surface area contributed by atoms with Crippen LogP contribution in [0.5, 0.6) is 0 Å². The van der Waals surface area contributed by atoms with Gasteiger partial charge in [-0.05, 0) is 11.6 Å². The lowest BCUT2D eigenvalue weighted by molar-refractivity contribution is 0.511. The fraction of sp³-hybridized carbons (Fsp3) is 0.211. The van der Waals surface area contributed by atoms with Gasteiger partial charge in [-0.15, -0.1) is 8.86 Å². The summed E-state index contributed by atoms with van der Waals surface area (Å²) < 4.78 is 0. The second kappa shape index (κ2) is 8.00. The van der Waals surface area contributed by atoms with E-state index < -0.39 is 0 Å². The summed E-state index contributed by atoms with van der Waals surface area (Å²) in [5.74, 6) is 7.99. The van der Waals surface area contributed by atoms with Crippen molar-refractivity contribution in [2.24, 2.45) is 11.6 Å². The Labute approximate surface area is 146 Å². The molecule has 5 heteroatoms. The number of fused-ring (bicyclic) bond motifs is 2. The topological polar surface area (TPSA) is 58.5 Å². The number of para-hydroxylation sites is 1. The first-order valence-electron chi connectivity index (χ1n) is 8.06. The molecule has 1 aliphatic heterocycles. The number of nitrogens with zero attached hydrogens (tertiary/aromatic N) is 2. The van der Waals surface area contributed by atoms with Gasteiger partial charge in [-0.2, -0.15) is 0 Å². The van der Waals surface area contributed by atoms with Gasteiger partial charge in [0.25, 0.3) is 0 Å². The molecule has 3 rings (SSSR count). The number of hydrazine groups is 1. The van der Waals surface area contributed by atoms with Crippen LogP contribution in [0.3, 0.4) is 0 Å². The maximum atomic E-state index is 6.48. The molecule has 4 nitrogen and oxygen atoms in total. The number of nitrogens with two attached hydrogens (primary N) is 2. The van der Waals surface area contributed by atoms with E-state index in [-0.39, 0.29) is 0 Å². The van der Waals surface area contributed by atoms with E-state index in [1.807, 2.05) is 63.2 Å². The smallest absolute Gasteiger partial charge is 0.0843 e. The molecule has 0 saturated carbocycles. The standard InChI is InChI=1S/C17H19N4P.C2H6/c1-20(19)17-14-8-4-5-9-15(14)21(11-22)10-12-6-2-3-7-13(12)16(17)18;1-2/h2-9,11,22H,10,18-19H2,1H3;1-2H3/b17-16-;. The number of hydrogen-bond acceptors (Lipinski definition) is 3. The van der Waals surface area contributed by atoms with Crippen LogP contribution in [0.25, 0.3) is 11.4 Å². The van der Waals surface area contributed by atoms with Crippen LogP contribution in [0.2, 0.25) is 0 Å². The Kier molecular flexibility index (Phi) is 6.02. The largest absolute Gasteiger partial charge is 0.396 e. The van der Waals surface area contributed by atoms with Crippen LogP contribution in [-0.4, -0.2) is 18.0 Å². The molecule has 0 radical (unpaired) electrons. The summed E-state index contributed by atoms with van der Waals surface area (Å²) in [5.41, 5.74) is 12.2. The predicted molar refractivity (Wildman–Crippen MR) is 108 cm³/mol. The van der Waals surface area contributed by atoms with Crippen LogP contribution in [0.1, 0.15) is 30.5 Å². The summed E-state index contributed by atoms with van der Waals surface area (Å²) in [6.45, 7) is 4.74. The fourth-order valence-electron chi connectivity index (χ4n) is 2.88. The molecule has 1 heterocycles. The summed E-state index contributed by atoms with van der Waals surface area (Å²) >= 11 is 0. The molecule has 0 saturated heterocycles. The molecule has 126 valence electrons. The van der Waals surface area contributed by atoms with Crippen molar-refractivity contribution < 1.29 is 0 Å². The van der Waals surface area contributed by atoms with Crippen molar-refractivity contribution in [1.29, 1.82) is 0 Å². The van der Waals surface area contributed by atoms with Crippen LogP contribution in [0, 0.1) is 0 Å². The normalized spacial score (nSPS) is 15.9. The molecule has 0 unspecified atom stereocenters. The van der Waals surface area contributed by atoms with E-state index in [4.69, 9.17) is 11.6 Å². The lowest BCUT2D eigenvalue weighted by Gasteiger charge is -2.31. The van der Waals surface area contributed by atoms with E-state index in [9.17, 15) is 0 Å². The average Bonchev–Trinajstić information content (AvgIpc) is 2.61. The Morgan fingerprint density at radius 1 is 1.04 bits per heavy atom. The Morgan fingerprint density at radius 2 is 1.62 bits per heavy atom. The van der Waals surface area contributed by atoms with E-state index in [1.54, 1.807) is 5.01 Å². The van der Waals surface area contributed by atoms with Crippen LogP contribution in [0.4, 0.5) is 5.69 Å². The van der Waals surface area contributed by atoms with Crippen molar-refractivity contribution in [2.45, 2.75) is 20.4 Å². The zero-order valence-corrected chi connectivity index (χ0v) is 15.5. The van der Waals surface area contributed by atoms with Gasteiger partial charge in [0, 0.05) is 30.6 Å². The molecule has 0 aromatic heterocycles. The zero-order valence-electron chi connectivity index (χ0n) is 14.5. The minimum atomic E-state index is 0.696. The first-order chi connectivity index (χ1) is 11.6. The van der Waals surface area contributed by atoms with Crippen LogP contribution in [-0.2, 0) is 6.54 Å². The van der Waals surface area contributed by atoms with Gasteiger partial charge in [0.15, 0.2) is 0 Å². The second-order valence-corrected chi connectivity index (χ2v) is 5.56. The van der Waals surface area contributed by atoms with Gasteiger partial charge in [-0.25, -0.2) is 5.84 Å². The molecule has 0 spiro atoms. The van der Waals surface area contributed by atoms with Crippen LogP contribution < -0.4 is 16.5 Å². The first-order valence-corrected chi connectivity index (χ1v) is 8.64. The van der Waals surface area contributed by atoms with Crippen LogP contribution in [0.15, 0.2) is 48.5 Å². The van der Waals surface area contributed by atoms with Crippen molar-refractivity contribution in [3.05, 3.63) is 65.2 Å².